The van der Waals surface area contributed by atoms with E-state index in [1.165, 1.54) is 24.5 Å². The molecule has 1 aromatic carbocycles. The molecule has 1 amide bonds. The normalized spacial score (nSPS) is 10.6. The molecule has 0 saturated heterocycles. The van der Waals surface area contributed by atoms with E-state index in [2.05, 4.69) is 15.4 Å². The third kappa shape index (κ3) is 2.98. The van der Waals surface area contributed by atoms with Crippen LogP contribution in [0.1, 0.15) is 38.3 Å². The van der Waals surface area contributed by atoms with Crippen LogP contribution in [0.25, 0.3) is 5.69 Å². The van der Waals surface area contributed by atoms with Gasteiger partial charge in [0.25, 0.3) is 5.91 Å². The number of nitrogens with one attached hydrogen (secondary N) is 1. The van der Waals surface area contributed by atoms with Gasteiger partial charge in [-0.05, 0) is 26.0 Å². The van der Waals surface area contributed by atoms with Crippen LogP contribution in [0.15, 0.2) is 36.5 Å². The van der Waals surface area contributed by atoms with Gasteiger partial charge >= 0.3 is 0 Å². The SMILES string of the molecule is CC(=O)c1sc(NC(=O)c2cnn(-c3ccccc3)c2C)nc1C. The molecule has 2 aromatic heterocycles. The molecular weight excluding hydrogens is 324 g/mol. The Morgan fingerprint density at radius 3 is 2.50 bits per heavy atom. The largest absolute Gasteiger partial charge is 0.298 e. The summed E-state index contributed by atoms with van der Waals surface area (Å²) in [5.41, 5.74) is 2.72. The molecule has 0 aliphatic carbocycles. The molecule has 0 fully saturated rings. The molecule has 0 bridgehead atoms. The van der Waals surface area contributed by atoms with Gasteiger partial charge in [0.2, 0.25) is 0 Å². The fraction of sp³-hybridized carbons (Fsp3) is 0.176. The number of benzene rings is 1. The molecule has 0 spiro atoms. The molecule has 6 nitrogen and oxygen atoms in total. The second-order valence-electron chi connectivity index (χ2n) is 5.33. The summed E-state index contributed by atoms with van der Waals surface area (Å²) in [4.78, 5) is 28.8. The summed E-state index contributed by atoms with van der Waals surface area (Å²) in [6.45, 7) is 5.07. The van der Waals surface area contributed by atoms with E-state index < -0.39 is 0 Å². The first-order valence-corrected chi connectivity index (χ1v) is 8.18. The highest BCUT2D eigenvalue weighted by Gasteiger charge is 2.18. The number of hydrogen-bond acceptors (Lipinski definition) is 5. The average Bonchev–Trinajstić information content (AvgIpc) is 3.11. The minimum atomic E-state index is -0.293. The third-order valence-electron chi connectivity index (χ3n) is 3.59. The molecule has 0 radical (unpaired) electrons. The van der Waals surface area contributed by atoms with E-state index in [1.54, 1.807) is 11.6 Å². The molecular formula is C17H16N4O2S. The van der Waals surface area contributed by atoms with E-state index >= 15 is 0 Å². The van der Waals surface area contributed by atoms with Crippen LogP contribution in [0.3, 0.4) is 0 Å². The fourth-order valence-electron chi connectivity index (χ4n) is 2.40. The van der Waals surface area contributed by atoms with Crippen molar-refractivity contribution < 1.29 is 9.59 Å². The molecule has 0 aliphatic rings. The van der Waals surface area contributed by atoms with Crippen LogP contribution in [-0.2, 0) is 0 Å². The van der Waals surface area contributed by atoms with Crippen LogP contribution in [0.5, 0.6) is 0 Å². The Morgan fingerprint density at radius 2 is 1.88 bits per heavy atom. The molecule has 0 aliphatic heterocycles. The highest BCUT2D eigenvalue weighted by molar-refractivity contribution is 7.17. The zero-order chi connectivity index (χ0) is 17.3. The third-order valence-corrected chi connectivity index (χ3v) is 4.77. The molecule has 2 heterocycles. The van der Waals surface area contributed by atoms with Gasteiger partial charge in [-0.2, -0.15) is 5.10 Å². The van der Waals surface area contributed by atoms with Gasteiger partial charge in [0.1, 0.15) is 0 Å². The van der Waals surface area contributed by atoms with E-state index in [9.17, 15) is 9.59 Å². The van der Waals surface area contributed by atoms with Crippen molar-refractivity contribution in [3.63, 3.8) is 0 Å². The average molecular weight is 340 g/mol. The molecule has 0 unspecified atom stereocenters. The molecule has 3 rings (SSSR count). The summed E-state index contributed by atoms with van der Waals surface area (Å²) in [7, 11) is 0. The predicted molar refractivity (Wildman–Crippen MR) is 93.1 cm³/mol. The van der Waals surface area contributed by atoms with Crippen LogP contribution in [0.4, 0.5) is 5.13 Å². The van der Waals surface area contributed by atoms with Crippen molar-refractivity contribution in [1.82, 2.24) is 14.8 Å². The Kier molecular flexibility index (Phi) is 4.26. The van der Waals surface area contributed by atoms with E-state index in [0.717, 1.165) is 11.4 Å². The lowest BCUT2D eigenvalue weighted by Crippen LogP contribution is -2.13. The van der Waals surface area contributed by atoms with E-state index in [4.69, 9.17) is 0 Å². The smallest absolute Gasteiger partial charge is 0.260 e. The number of carbonyl (C=O) groups excluding carboxylic acids is 2. The summed E-state index contributed by atoms with van der Waals surface area (Å²) >= 11 is 1.18. The van der Waals surface area contributed by atoms with Crippen molar-refractivity contribution in [2.24, 2.45) is 0 Å². The van der Waals surface area contributed by atoms with Gasteiger partial charge < -0.3 is 0 Å². The second-order valence-corrected chi connectivity index (χ2v) is 6.33. The number of aromatic nitrogens is 3. The maximum absolute atomic E-state index is 12.5. The zero-order valence-electron chi connectivity index (χ0n) is 13.5. The minimum Gasteiger partial charge on any atom is -0.298 e. The van der Waals surface area contributed by atoms with Gasteiger partial charge in [-0.25, -0.2) is 9.67 Å². The number of carbonyl (C=O) groups is 2. The Balaban J connectivity index is 1.85. The van der Waals surface area contributed by atoms with Gasteiger partial charge in [0.15, 0.2) is 10.9 Å². The number of anilines is 1. The number of aryl methyl sites for hydroxylation is 1. The van der Waals surface area contributed by atoms with Gasteiger partial charge in [-0.1, -0.05) is 29.5 Å². The lowest BCUT2D eigenvalue weighted by atomic mass is 10.2. The molecule has 7 heteroatoms. The van der Waals surface area contributed by atoms with Crippen molar-refractivity contribution in [2.75, 3.05) is 5.32 Å². The summed E-state index contributed by atoms with van der Waals surface area (Å²) in [6.07, 6.45) is 1.53. The molecule has 0 saturated carbocycles. The molecule has 24 heavy (non-hydrogen) atoms. The van der Waals surface area contributed by atoms with E-state index in [-0.39, 0.29) is 11.7 Å². The molecule has 0 atom stereocenters. The first kappa shape index (κ1) is 16.1. The number of nitrogens with zero attached hydrogens (tertiary/aromatic N) is 3. The quantitative estimate of drug-likeness (QED) is 0.739. The summed E-state index contributed by atoms with van der Waals surface area (Å²) < 4.78 is 1.71. The number of thiazole rings is 1. The number of para-hydroxylation sites is 1. The minimum absolute atomic E-state index is 0.0569. The summed E-state index contributed by atoms with van der Waals surface area (Å²) in [6, 6.07) is 9.60. The summed E-state index contributed by atoms with van der Waals surface area (Å²) in [5, 5.41) is 7.44. The number of rotatable bonds is 4. The van der Waals surface area contributed by atoms with Crippen LogP contribution >= 0.6 is 11.3 Å². The van der Waals surface area contributed by atoms with Crippen molar-refractivity contribution in [3.05, 3.63) is 58.4 Å². The van der Waals surface area contributed by atoms with Crippen LogP contribution in [0, 0.1) is 13.8 Å². The van der Waals surface area contributed by atoms with Crippen LogP contribution in [-0.4, -0.2) is 26.5 Å². The van der Waals surface area contributed by atoms with Crippen molar-refractivity contribution >= 4 is 28.2 Å². The van der Waals surface area contributed by atoms with Crippen molar-refractivity contribution in [3.8, 4) is 5.69 Å². The maximum atomic E-state index is 12.5. The first-order chi connectivity index (χ1) is 11.5. The number of Topliss-reactive ketones (excluding diaryl/α,β-unsaturated/α-hetero) is 1. The fourth-order valence-corrected chi connectivity index (χ4v) is 3.26. The van der Waals surface area contributed by atoms with Crippen molar-refractivity contribution in [1.29, 1.82) is 0 Å². The lowest BCUT2D eigenvalue weighted by Gasteiger charge is -2.05. The number of hydrogen-bond donors (Lipinski definition) is 1. The van der Waals surface area contributed by atoms with E-state index in [0.29, 0.717) is 21.3 Å². The van der Waals surface area contributed by atoms with Gasteiger partial charge in [-0.3, -0.25) is 14.9 Å². The second kappa shape index (κ2) is 6.37. The zero-order valence-corrected chi connectivity index (χ0v) is 14.3. The van der Waals surface area contributed by atoms with Gasteiger partial charge in [0, 0.05) is 6.92 Å². The number of amides is 1. The van der Waals surface area contributed by atoms with Crippen LogP contribution < -0.4 is 5.32 Å². The Labute approximate surface area is 143 Å². The standard InChI is InChI=1S/C17H16N4O2S/c1-10-15(12(3)22)24-17(19-10)20-16(23)14-9-18-21(11(14)2)13-7-5-4-6-8-13/h4-9H,1-3H3,(H,19,20,23). The monoisotopic (exact) mass is 340 g/mol. The van der Waals surface area contributed by atoms with Gasteiger partial charge in [-0.15, -0.1) is 0 Å². The Morgan fingerprint density at radius 1 is 1.17 bits per heavy atom. The Hall–Kier alpha value is -2.80. The number of ketones is 1. The predicted octanol–water partition coefficient (Wildman–Crippen LogP) is 3.40. The maximum Gasteiger partial charge on any atom is 0.260 e. The highest BCUT2D eigenvalue weighted by atomic mass is 32.1. The Bertz CT molecular complexity index is 912. The highest BCUT2D eigenvalue weighted by Crippen LogP contribution is 2.24. The molecule has 3 aromatic rings. The summed E-state index contributed by atoms with van der Waals surface area (Å²) in [5.74, 6) is -0.350. The first-order valence-electron chi connectivity index (χ1n) is 7.37. The van der Waals surface area contributed by atoms with E-state index in [1.807, 2.05) is 37.3 Å². The molecule has 122 valence electrons. The van der Waals surface area contributed by atoms with Crippen LogP contribution in [0.2, 0.25) is 0 Å². The van der Waals surface area contributed by atoms with Gasteiger partial charge in [0.05, 0.1) is 33.7 Å². The molecule has 1 N–H and O–H groups in total. The van der Waals surface area contributed by atoms with Crippen molar-refractivity contribution in [2.45, 2.75) is 20.8 Å². The topological polar surface area (TPSA) is 76.9 Å². The lowest BCUT2D eigenvalue weighted by molar-refractivity contribution is 0.101.